The molecule has 24 heavy (non-hydrogen) atoms. The Morgan fingerprint density at radius 1 is 1.17 bits per heavy atom. The summed E-state index contributed by atoms with van der Waals surface area (Å²) >= 11 is 1.57. The summed E-state index contributed by atoms with van der Waals surface area (Å²) in [7, 11) is 0. The van der Waals surface area contributed by atoms with E-state index in [0.717, 1.165) is 29.1 Å². The van der Waals surface area contributed by atoms with Crippen LogP contribution in [-0.4, -0.2) is 16.7 Å². The molecule has 0 spiro atoms. The quantitative estimate of drug-likeness (QED) is 0.816. The third-order valence-corrected chi connectivity index (χ3v) is 5.21. The first-order valence-corrected chi connectivity index (χ1v) is 9.32. The molecule has 4 nitrogen and oxygen atoms in total. The molecule has 1 amide bonds. The van der Waals surface area contributed by atoms with Gasteiger partial charge in [-0.2, -0.15) is 0 Å². The van der Waals surface area contributed by atoms with Crippen LogP contribution in [0.1, 0.15) is 57.9 Å². The molecule has 0 aliphatic heterocycles. The van der Waals surface area contributed by atoms with Crippen LogP contribution in [0.4, 0.5) is 0 Å². The van der Waals surface area contributed by atoms with Gasteiger partial charge in [-0.05, 0) is 49.8 Å². The highest BCUT2D eigenvalue weighted by molar-refractivity contribution is 7.09. The van der Waals surface area contributed by atoms with E-state index in [4.69, 9.17) is 0 Å². The number of benzene rings is 1. The van der Waals surface area contributed by atoms with Crippen molar-refractivity contribution < 1.29 is 9.59 Å². The molecule has 0 atom stereocenters. The number of rotatable bonds is 6. The van der Waals surface area contributed by atoms with Gasteiger partial charge < -0.3 is 5.32 Å². The van der Waals surface area contributed by atoms with E-state index < -0.39 is 0 Å². The number of aromatic nitrogens is 1. The van der Waals surface area contributed by atoms with Crippen LogP contribution < -0.4 is 5.32 Å². The van der Waals surface area contributed by atoms with Crippen LogP contribution in [0, 0.1) is 6.92 Å². The van der Waals surface area contributed by atoms with E-state index in [0.29, 0.717) is 6.54 Å². The zero-order valence-electron chi connectivity index (χ0n) is 13.9. The molecule has 1 N–H and O–H groups in total. The van der Waals surface area contributed by atoms with E-state index >= 15 is 0 Å². The first-order valence-electron chi connectivity index (χ1n) is 8.44. The van der Waals surface area contributed by atoms with Crippen molar-refractivity contribution in [1.82, 2.24) is 10.3 Å². The lowest BCUT2D eigenvalue weighted by molar-refractivity contribution is -0.121. The fraction of sp³-hybridized carbons (Fsp3) is 0.421. The average Bonchev–Trinajstić information content (AvgIpc) is 3.02. The molecule has 2 aromatic rings. The van der Waals surface area contributed by atoms with Gasteiger partial charge in [-0.3, -0.25) is 9.59 Å². The predicted octanol–water partition coefficient (Wildman–Crippen LogP) is 3.61. The van der Waals surface area contributed by atoms with E-state index in [1.165, 1.54) is 24.0 Å². The third-order valence-electron chi connectivity index (χ3n) is 4.38. The van der Waals surface area contributed by atoms with Crippen LogP contribution >= 0.6 is 11.3 Å². The summed E-state index contributed by atoms with van der Waals surface area (Å²) in [6.45, 7) is 2.36. The van der Waals surface area contributed by atoms with Gasteiger partial charge in [-0.15, -0.1) is 11.3 Å². The molecule has 1 aliphatic carbocycles. The minimum Gasteiger partial charge on any atom is -0.350 e. The first-order chi connectivity index (χ1) is 11.6. The molecule has 1 aliphatic rings. The van der Waals surface area contributed by atoms with Crippen LogP contribution in [0.15, 0.2) is 23.6 Å². The first kappa shape index (κ1) is 16.8. The largest absolute Gasteiger partial charge is 0.350 e. The molecule has 1 aromatic carbocycles. The molecule has 0 bridgehead atoms. The van der Waals surface area contributed by atoms with Crippen LogP contribution in [-0.2, 0) is 24.2 Å². The molecule has 0 radical (unpaired) electrons. The normalized spacial score (nSPS) is 13.4. The van der Waals surface area contributed by atoms with Gasteiger partial charge in [-0.25, -0.2) is 4.98 Å². The fourth-order valence-corrected chi connectivity index (χ4v) is 3.66. The van der Waals surface area contributed by atoms with E-state index in [9.17, 15) is 9.59 Å². The van der Waals surface area contributed by atoms with Crippen LogP contribution in [0.2, 0.25) is 0 Å². The molecular weight excluding hydrogens is 320 g/mol. The Morgan fingerprint density at radius 3 is 2.71 bits per heavy atom. The van der Waals surface area contributed by atoms with Crippen LogP contribution in [0.25, 0.3) is 0 Å². The average molecular weight is 342 g/mol. The Kier molecular flexibility index (Phi) is 5.41. The number of aryl methyl sites for hydroxylation is 3. The third kappa shape index (κ3) is 4.29. The van der Waals surface area contributed by atoms with Crippen LogP contribution in [0.3, 0.4) is 0 Å². The molecular formula is C19H22N2O2S. The lowest BCUT2D eigenvalue weighted by Crippen LogP contribution is -2.23. The number of Topliss-reactive ketones (excluding diaryl/α,β-unsaturated/α-hetero) is 1. The second-order valence-corrected chi connectivity index (χ2v) is 7.31. The Labute approximate surface area is 146 Å². The van der Waals surface area contributed by atoms with Crippen molar-refractivity contribution >= 4 is 23.0 Å². The molecule has 5 heteroatoms. The zero-order chi connectivity index (χ0) is 16.9. The topological polar surface area (TPSA) is 59.1 Å². The van der Waals surface area contributed by atoms with Gasteiger partial charge in [0.2, 0.25) is 5.91 Å². The van der Waals surface area contributed by atoms with E-state index in [-0.39, 0.29) is 24.5 Å². The molecule has 0 saturated heterocycles. The van der Waals surface area contributed by atoms with Gasteiger partial charge in [0.05, 0.1) is 17.2 Å². The molecule has 0 fully saturated rings. The number of carbonyl (C=O) groups is 2. The lowest BCUT2D eigenvalue weighted by atomic mass is 9.89. The summed E-state index contributed by atoms with van der Waals surface area (Å²) in [6.07, 6.45) is 5.08. The van der Waals surface area contributed by atoms with E-state index in [1.54, 1.807) is 11.3 Å². The summed E-state index contributed by atoms with van der Waals surface area (Å²) in [5, 5.41) is 5.75. The number of nitrogens with zero attached hydrogens (tertiary/aromatic N) is 1. The second-order valence-electron chi connectivity index (χ2n) is 6.25. The summed E-state index contributed by atoms with van der Waals surface area (Å²) in [4.78, 5) is 28.5. The summed E-state index contributed by atoms with van der Waals surface area (Å²) in [6, 6.07) is 6.00. The van der Waals surface area contributed by atoms with Crippen LogP contribution in [0.5, 0.6) is 0 Å². The van der Waals surface area contributed by atoms with E-state index in [2.05, 4.69) is 16.4 Å². The number of hydrogen-bond acceptors (Lipinski definition) is 4. The van der Waals surface area contributed by atoms with Gasteiger partial charge in [0.1, 0.15) is 0 Å². The van der Waals surface area contributed by atoms with Crippen molar-refractivity contribution in [3.63, 3.8) is 0 Å². The Morgan fingerprint density at radius 2 is 1.96 bits per heavy atom. The molecule has 1 heterocycles. The molecule has 0 saturated carbocycles. The maximum Gasteiger partial charge on any atom is 0.220 e. The second kappa shape index (κ2) is 7.71. The fourth-order valence-electron chi connectivity index (χ4n) is 3.05. The monoisotopic (exact) mass is 342 g/mol. The maximum atomic E-state index is 12.3. The SMILES string of the molecule is Cc1nc(CNC(=O)CCC(=O)c2ccc3c(c2)CCCC3)cs1. The number of fused-ring (bicyclic) bond motifs is 1. The number of thiazole rings is 1. The molecule has 126 valence electrons. The van der Waals surface area contributed by atoms with E-state index in [1.807, 2.05) is 24.4 Å². The number of amides is 1. The number of carbonyl (C=O) groups excluding carboxylic acids is 2. The Bertz CT molecular complexity index is 752. The molecule has 0 unspecified atom stereocenters. The Hall–Kier alpha value is -2.01. The van der Waals surface area contributed by atoms with Gasteiger partial charge >= 0.3 is 0 Å². The highest BCUT2D eigenvalue weighted by atomic mass is 32.1. The molecule has 1 aromatic heterocycles. The summed E-state index contributed by atoms with van der Waals surface area (Å²) < 4.78 is 0. The van der Waals surface area contributed by atoms with Gasteiger partial charge in [0.15, 0.2) is 5.78 Å². The van der Waals surface area contributed by atoms with Gasteiger partial charge in [-0.1, -0.05) is 12.1 Å². The maximum absolute atomic E-state index is 12.3. The van der Waals surface area contributed by atoms with Crippen molar-refractivity contribution in [2.75, 3.05) is 0 Å². The predicted molar refractivity (Wildman–Crippen MR) is 95.3 cm³/mol. The van der Waals surface area contributed by atoms with Crippen molar-refractivity contribution in [2.24, 2.45) is 0 Å². The van der Waals surface area contributed by atoms with Crippen molar-refractivity contribution in [1.29, 1.82) is 0 Å². The van der Waals surface area contributed by atoms with Gasteiger partial charge in [0.25, 0.3) is 0 Å². The highest BCUT2D eigenvalue weighted by Gasteiger charge is 2.14. The summed E-state index contributed by atoms with van der Waals surface area (Å²) in [5.74, 6) is -0.0602. The minimum absolute atomic E-state index is 0.0445. The molecule has 3 rings (SSSR count). The highest BCUT2D eigenvalue weighted by Crippen LogP contribution is 2.23. The zero-order valence-corrected chi connectivity index (χ0v) is 14.7. The summed E-state index contributed by atoms with van der Waals surface area (Å²) in [5.41, 5.74) is 4.27. The number of hydrogen-bond donors (Lipinski definition) is 1. The number of ketones is 1. The van der Waals surface area contributed by atoms with Crippen molar-refractivity contribution in [3.05, 3.63) is 51.0 Å². The van der Waals surface area contributed by atoms with Gasteiger partial charge in [0, 0.05) is 23.8 Å². The minimum atomic E-state index is -0.105. The Balaban J connectivity index is 1.49. The smallest absolute Gasteiger partial charge is 0.220 e. The lowest BCUT2D eigenvalue weighted by Gasteiger charge is -2.16. The standard InChI is InChI=1S/C19H22N2O2S/c1-13-21-17(12-24-13)11-20-19(23)9-8-18(22)16-7-6-14-4-2-3-5-15(14)10-16/h6-7,10,12H,2-5,8-9,11H2,1H3,(H,20,23). The van der Waals surface area contributed by atoms with Crippen molar-refractivity contribution in [3.8, 4) is 0 Å². The van der Waals surface area contributed by atoms with Crippen molar-refractivity contribution in [2.45, 2.75) is 52.0 Å². The number of nitrogens with one attached hydrogen (secondary N) is 1.